The van der Waals surface area contributed by atoms with Crippen LogP contribution in [0.25, 0.3) is 32.4 Å². The normalized spacial score (nSPS) is 11.6. The Kier molecular flexibility index (Phi) is 4.55. The Hall–Kier alpha value is -3.83. The first-order valence-electron chi connectivity index (χ1n) is 10.5. The van der Waals surface area contributed by atoms with Crippen LogP contribution in [0.4, 0.5) is 0 Å². The first-order chi connectivity index (χ1) is 15.8. The lowest BCUT2D eigenvalue weighted by atomic mass is 9.88. The average Bonchev–Trinajstić information content (AvgIpc) is 3.59. The summed E-state index contributed by atoms with van der Waals surface area (Å²) in [6.45, 7) is 0. The van der Waals surface area contributed by atoms with E-state index in [9.17, 15) is 0 Å². The van der Waals surface area contributed by atoms with Crippen LogP contribution in [0.2, 0.25) is 0 Å². The van der Waals surface area contributed by atoms with Crippen molar-refractivity contribution in [2.45, 2.75) is 5.92 Å². The molecule has 3 aromatic heterocycles. The standard InChI is InChI=1S/C27H21N3OS/c1-31-25-13-7-4-10-19(25)27-30-24(16-32-27)26(20-14-28-22-11-5-2-8-17(20)22)21-15-29-23-12-6-3-9-18(21)23/h2-16,26,28-29H,1H3. The lowest BCUT2D eigenvalue weighted by Gasteiger charge is -2.14. The van der Waals surface area contributed by atoms with Crippen molar-refractivity contribution in [2.75, 3.05) is 7.11 Å². The summed E-state index contributed by atoms with van der Waals surface area (Å²) in [6.07, 6.45) is 4.25. The van der Waals surface area contributed by atoms with Gasteiger partial charge in [-0.15, -0.1) is 11.3 Å². The van der Waals surface area contributed by atoms with Gasteiger partial charge >= 0.3 is 0 Å². The number of rotatable bonds is 5. The fourth-order valence-corrected chi connectivity index (χ4v) is 5.39. The van der Waals surface area contributed by atoms with E-state index < -0.39 is 0 Å². The third kappa shape index (κ3) is 3.01. The number of aromatic nitrogens is 3. The molecule has 5 heteroatoms. The second kappa shape index (κ2) is 7.70. The molecule has 156 valence electrons. The number of hydrogen-bond donors (Lipinski definition) is 2. The zero-order valence-corrected chi connectivity index (χ0v) is 18.3. The van der Waals surface area contributed by atoms with E-state index >= 15 is 0 Å². The van der Waals surface area contributed by atoms with Gasteiger partial charge in [0, 0.05) is 39.6 Å². The summed E-state index contributed by atoms with van der Waals surface area (Å²) in [5.41, 5.74) is 6.76. The molecule has 0 radical (unpaired) electrons. The highest BCUT2D eigenvalue weighted by Gasteiger charge is 2.26. The van der Waals surface area contributed by atoms with Gasteiger partial charge in [-0.3, -0.25) is 0 Å². The van der Waals surface area contributed by atoms with Crippen LogP contribution < -0.4 is 4.74 Å². The Morgan fingerprint density at radius 1 is 0.781 bits per heavy atom. The molecule has 0 aliphatic carbocycles. The van der Waals surface area contributed by atoms with E-state index in [0.29, 0.717) is 0 Å². The number of nitrogens with zero attached hydrogens (tertiary/aromatic N) is 1. The molecule has 32 heavy (non-hydrogen) atoms. The average molecular weight is 436 g/mol. The van der Waals surface area contributed by atoms with Crippen molar-refractivity contribution in [3.8, 4) is 16.3 Å². The highest BCUT2D eigenvalue weighted by atomic mass is 32.1. The minimum Gasteiger partial charge on any atom is -0.496 e. The SMILES string of the molecule is COc1ccccc1-c1nc(C(c2c[nH]c3ccccc23)c2c[nH]c3ccccc23)cs1. The van der Waals surface area contributed by atoms with Crippen LogP contribution in [-0.2, 0) is 0 Å². The number of fused-ring (bicyclic) bond motifs is 2. The van der Waals surface area contributed by atoms with Crippen LogP contribution in [-0.4, -0.2) is 22.1 Å². The van der Waals surface area contributed by atoms with Crippen LogP contribution in [0.3, 0.4) is 0 Å². The molecule has 0 spiro atoms. The fraction of sp³-hybridized carbons (Fsp3) is 0.0741. The molecule has 3 heterocycles. The molecule has 0 aliphatic rings. The monoisotopic (exact) mass is 435 g/mol. The van der Waals surface area contributed by atoms with Crippen LogP contribution in [0.1, 0.15) is 22.7 Å². The van der Waals surface area contributed by atoms with Crippen LogP contribution in [0.5, 0.6) is 5.75 Å². The highest BCUT2D eigenvalue weighted by molar-refractivity contribution is 7.13. The van der Waals surface area contributed by atoms with E-state index in [2.05, 4.69) is 82.3 Å². The zero-order chi connectivity index (χ0) is 21.5. The Balaban J connectivity index is 1.56. The first-order valence-corrected chi connectivity index (χ1v) is 11.4. The summed E-state index contributed by atoms with van der Waals surface area (Å²) >= 11 is 1.65. The molecule has 4 nitrogen and oxygen atoms in total. The summed E-state index contributed by atoms with van der Waals surface area (Å²) in [5, 5.41) is 5.57. The predicted molar refractivity (Wildman–Crippen MR) is 132 cm³/mol. The molecular weight excluding hydrogens is 414 g/mol. The van der Waals surface area contributed by atoms with Crippen molar-refractivity contribution in [1.82, 2.24) is 15.0 Å². The van der Waals surface area contributed by atoms with E-state index in [1.54, 1.807) is 18.4 Å². The largest absolute Gasteiger partial charge is 0.496 e. The van der Waals surface area contributed by atoms with Crippen molar-refractivity contribution in [3.63, 3.8) is 0 Å². The third-order valence-electron chi connectivity index (χ3n) is 6.02. The lowest BCUT2D eigenvalue weighted by molar-refractivity contribution is 0.416. The van der Waals surface area contributed by atoms with Gasteiger partial charge in [-0.25, -0.2) is 4.98 Å². The minimum atomic E-state index is 0.00186. The number of aromatic amines is 2. The highest BCUT2D eigenvalue weighted by Crippen LogP contribution is 2.41. The van der Waals surface area contributed by atoms with Gasteiger partial charge in [0.1, 0.15) is 10.8 Å². The first kappa shape index (κ1) is 18.9. The topological polar surface area (TPSA) is 53.7 Å². The van der Waals surface area contributed by atoms with E-state index in [1.807, 2.05) is 18.2 Å². The Bertz CT molecular complexity index is 1470. The molecule has 3 aromatic carbocycles. The Morgan fingerprint density at radius 3 is 2.03 bits per heavy atom. The van der Waals surface area contributed by atoms with Gasteiger partial charge in [0.05, 0.1) is 24.3 Å². The molecule has 0 atom stereocenters. The zero-order valence-electron chi connectivity index (χ0n) is 17.5. The number of hydrogen-bond acceptors (Lipinski definition) is 3. The summed E-state index contributed by atoms with van der Waals surface area (Å²) in [7, 11) is 1.70. The minimum absolute atomic E-state index is 0.00186. The van der Waals surface area contributed by atoms with E-state index in [-0.39, 0.29) is 5.92 Å². The maximum atomic E-state index is 5.59. The van der Waals surface area contributed by atoms with Gasteiger partial charge in [-0.05, 0) is 35.4 Å². The third-order valence-corrected chi connectivity index (χ3v) is 6.91. The van der Waals surface area contributed by atoms with Crippen LogP contribution >= 0.6 is 11.3 Å². The Labute approximate surface area is 189 Å². The summed E-state index contributed by atoms with van der Waals surface area (Å²) in [5.74, 6) is 0.839. The molecule has 0 fully saturated rings. The van der Waals surface area contributed by atoms with Gasteiger partial charge in [0.25, 0.3) is 0 Å². The fourth-order valence-electron chi connectivity index (χ4n) is 4.52. The van der Waals surface area contributed by atoms with Crippen molar-refractivity contribution in [1.29, 1.82) is 0 Å². The predicted octanol–water partition coefficient (Wildman–Crippen LogP) is 6.96. The van der Waals surface area contributed by atoms with Crippen LogP contribution in [0, 0.1) is 0 Å². The molecule has 6 rings (SSSR count). The quantitative estimate of drug-likeness (QED) is 0.307. The van der Waals surface area contributed by atoms with Gasteiger partial charge in [0.15, 0.2) is 0 Å². The molecule has 6 aromatic rings. The number of thiazole rings is 1. The van der Waals surface area contributed by atoms with Crippen LogP contribution in [0.15, 0.2) is 90.6 Å². The van der Waals surface area contributed by atoms with Gasteiger partial charge < -0.3 is 14.7 Å². The maximum absolute atomic E-state index is 5.59. The van der Waals surface area contributed by atoms with Crippen molar-refractivity contribution >= 4 is 33.1 Å². The lowest BCUT2D eigenvalue weighted by Crippen LogP contribution is -2.03. The Morgan fingerprint density at radius 2 is 1.38 bits per heavy atom. The second-order valence-corrected chi connectivity index (χ2v) is 8.65. The summed E-state index contributed by atoms with van der Waals surface area (Å²) < 4.78 is 5.59. The smallest absolute Gasteiger partial charge is 0.129 e. The molecule has 0 saturated heterocycles. The molecule has 2 N–H and O–H groups in total. The number of H-pyrrole nitrogens is 2. The second-order valence-electron chi connectivity index (χ2n) is 7.79. The van der Waals surface area contributed by atoms with Crippen molar-refractivity contribution < 1.29 is 4.74 Å². The molecule has 0 bridgehead atoms. The number of nitrogens with one attached hydrogen (secondary N) is 2. The number of methoxy groups -OCH3 is 1. The number of para-hydroxylation sites is 3. The molecule has 0 aliphatic heterocycles. The van der Waals surface area contributed by atoms with Crippen molar-refractivity contribution in [2.24, 2.45) is 0 Å². The van der Waals surface area contributed by atoms with Gasteiger partial charge in [-0.1, -0.05) is 48.5 Å². The van der Waals surface area contributed by atoms with Gasteiger partial charge in [0.2, 0.25) is 0 Å². The number of ether oxygens (including phenoxy) is 1. The maximum Gasteiger partial charge on any atom is 0.129 e. The molecule has 0 amide bonds. The molecule has 0 unspecified atom stereocenters. The number of benzene rings is 3. The van der Waals surface area contributed by atoms with E-state index in [0.717, 1.165) is 33.0 Å². The molecular formula is C27H21N3OS. The van der Waals surface area contributed by atoms with E-state index in [1.165, 1.54) is 21.9 Å². The van der Waals surface area contributed by atoms with Crippen molar-refractivity contribution in [3.05, 3.63) is 107 Å². The van der Waals surface area contributed by atoms with Gasteiger partial charge in [-0.2, -0.15) is 0 Å². The molecule has 0 saturated carbocycles. The van der Waals surface area contributed by atoms with E-state index in [4.69, 9.17) is 9.72 Å². The summed E-state index contributed by atoms with van der Waals surface area (Å²) in [4.78, 5) is 12.0. The summed E-state index contributed by atoms with van der Waals surface area (Å²) in [6, 6.07) is 24.9.